The number of benzene rings is 1. The van der Waals surface area contributed by atoms with Crippen molar-refractivity contribution >= 4 is 22.9 Å². The summed E-state index contributed by atoms with van der Waals surface area (Å²) in [6, 6.07) is 9.39. The molecule has 0 atom stereocenters. The molecule has 0 spiro atoms. The SMILES string of the molecule is Cc1ccc(-c2ccc(O)c(Cl)c2)s1. The molecule has 1 nitrogen and oxygen atoms in total. The largest absolute Gasteiger partial charge is 0.506 e. The maximum atomic E-state index is 9.27. The number of phenols is 1. The summed E-state index contributed by atoms with van der Waals surface area (Å²) in [7, 11) is 0. The number of aryl methyl sites for hydroxylation is 1. The van der Waals surface area contributed by atoms with Crippen molar-refractivity contribution < 1.29 is 5.11 Å². The van der Waals surface area contributed by atoms with Gasteiger partial charge in [0.05, 0.1) is 5.02 Å². The fourth-order valence-electron chi connectivity index (χ4n) is 1.25. The summed E-state index contributed by atoms with van der Waals surface area (Å²) in [5.74, 6) is 0.128. The quantitative estimate of drug-likeness (QED) is 0.774. The van der Waals surface area contributed by atoms with Gasteiger partial charge in [0.2, 0.25) is 0 Å². The summed E-state index contributed by atoms with van der Waals surface area (Å²) >= 11 is 7.54. The molecule has 1 aromatic carbocycles. The lowest BCUT2D eigenvalue weighted by molar-refractivity contribution is 0.475. The van der Waals surface area contributed by atoms with Crippen molar-refractivity contribution in [3.63, 3.8) is 0 Å². The number of rotatable bonds is 1. The highest BCUT2D eigenvalue weighted by Gasteiger charge is 2.03. The first-order valence-electron chi connectivity index (χ1n) is 4.22. The van der Waals surface area contributed by atoms with Crippen LogP contribution in [0.1, 0.15) is 4.88 Å². The van der Waals surface area contributed by atoms with E-state index in [0.717, 1.165) is 5.56 Å². The highest BCUT2D eigenvalue weighted by molar-refractivity contribution is 7.15. The highest BCUT2D eigenvalue weighted by Crippen LogP contribution is 2.32. The third kappa shape index (κ3) is 1.76. The minimum Gasteiger partial charge on any atom is -0.506 e. The second-order valence-corrected chi connectivity index (χ2v) is 4.77. The Balaban J connectivity index is 2.47. The van der Waals surface area contributed by atoms with Crippen molar-refractivity contribution in [1.82, 2.24) is 0 Å². The number of hydrogen-bond donors (Lipinski definition) is 1. The third-order valence-electron chi connectivity index (χ3n) is 1.97. The maximum absolute atomic E-state index is 9.27. The zero-order valence-electron chi connectivity index (χ0n) is 7.62. The predicted molar refractivity (Wildman–Crippen MR) is 61.2 cm³/mol. The lowest BCUT2D eigenvalue weighted by Gasteiger charge is -1.99. The van der Waals surface area contributed by atoms with Gasteiger partial charge in [-0.1, -0.05) is 11.6 Å². The zero-order chi connectivity index (χ0) is 10.1. The molecule has 72 valence electrons. The zero-order valence-corrected chi connectivity index (χ0v) is 9.19. The van der Waals surface area contributed by atoms with E-state index in [1.54, 1.807) is 23.5 Å². The van der Waals surface area contributed by atoms with Crippen molar-refractivity contribution in [3.05, 3.63) is 40.2 Å². The molecule has 0 aliphatic carbocycles. The molecule has 1 aromatic heterocycles. The maximum Gasteiger partial charge on any atom is 0.134 e. The van der Waals surface area contributed by atoms with E-state index in [-0.39, 0.29) is 5.75 Å². The molecule has 1 heterocycles. The van der Waals surface area contributed by atoms with Crippen LogP contribution in [0, 0.1) is 6.92 Å². The molecule has 0 aliphatic rings. The summed E-state index contributed by atoms with van der Waals surface area (Å²) in [6.07, 6.45) is 0. The molecule has 2 aromatic rings. The topological polar surface area (TPSA) is 20.2 Å². The standard InChI is InChI=1S/C11H9ClOS/c1-7-2-5-11(14-7)8-3-4-10(13)9(12)6-8/h2-6,13H,1H3. The molecule has 0 saturated heterocycles. The monoisotopic (exact) mass is 224 g/mol. The van der Waals surface area contributed by atoms with Crippen molar-refractivity contribution in [3.8, 4) is 16.2 Å². The van der Waals surface area contributed by atoms with Crippen LogP contribution >= 0.6 is 22.9 Å². The van der Waals surface area contributed by atoms with Crippen LogP contribution in [0.5, 0.6) is 5.75 Å². The number of halogens is 1. The van der Waals surface area contributed by atoms with E-state index in [9.17, 15) is 5.11 Å². The van der Waals surface area contributed by atoms with Gasteiger partial charge in [0.25, 0.3) is 0 Å². The molecule has 0 radical (unpaired) electrons. The molecule has 3 heteroatoms. The summed E-state index contributed by atoms with van der Waals surface area (Å²) < 4.78 is 0. The van der Waals surface area contributed by atoms with E-state index in [2.05, 4.69) is 19.1 Å². The minimum absolute atomic E-state index is 0.128. The Bertz CT molecular complexity index is 462. The molecule has 0 saturated carbocycles. The first-order valence-corrected chi connectivity index (χ1v) is 5.41. The average Bonchev–Trinajstić information content (AvgIpc) is 2.57. The van der Waals surface area contributed by atoms with Crippen molar-refractivity contribution in [2.45, 2.75) is 6.92 Å². The second-order valence-electron chi connectivity index (χ2n) is 3.08. The van der Waals surface area contributed by atoms with E-state index in [0.29, 0.717) is 5.02 Å². The van der Waals surface area contributed by atoms with Gasteiger partial charge >= 0.3 is 0 Å². The molecule has 0 fully saturated rings. The van der Waals surface area contributed by atoms with Crippen LogP contribution in [0.25, 0.3) is 10.4 Å². The van der Waals surface area contributed by atoms with Gasteiger partial charge in [-0.3, -0.25) is 0 Å². The van der Waals surface area contributed by atoms with Crippen molar-refractivity contribution in [1.29, 1.82) is 0 Å². The van der Waals surface area contributed by atoms with E-state index in [4.69, 9.17) is 11.6 Å². The smallest absolute Gasteiger partial charge is 0.134 e. The van der Waals surface area contributed by atoms with Gasteiger partial charge in [0, 0.05) is 9.75 Å². The summed E-state index contributed by atoms with van der Waals surface area (Å²) in [6.45, 7) is 2.07. The van der Waals surface area contributed by atoms with Crippen LogP contribution in [0.3, 0.4) is 0 Å². The summed E-state index contributed by atoms with van der Waals surface area (Å²) in [5.41, 5.74) is 1.05. The average molecular weight is 225 g/mol. The Morgan fingerprint density at radius 2 is 2.00 bits per heavy atom. The first kappa shape index (κ1) is 9.56. The first-order chi connectivity index (χ1) is 6.66. The van der Waals surface area contributed by atoms with E-state index < -0.39 is 0 Å². The normalized spacial score (nSPS) is 10.4. The number of aromatic hydroxyl groups is 1. The Morgan fingerprint density at radius 1 is 1.21 bits per heavy atom. The van der Waals surface area contributed by atoms with E-state index in [1.165, 1.54) is 9.75 Å². The van der Waals surface area contributed by atoms with Gasteiger partial charge in [-0.15, -0.1) is 11.3 Å². The molecule has 14 heavy (non-hydrogen) atoms. The van der Waals surface area contributed by atoms with Gasteiger partial charge in [-0.2, -0.15) is 0 Å². The summed E-state index contributed by atoms with van der Waals surface area (Å²) in [5, 5.41) is 9.66. The van der Waals surface area contributed by atoms with Crippen LogP contribution in [-0.2, 0) is 0 Å². The highest BCUT2D eigenvalue weighted by atomic mass is 35.5. The minimum atomic E-state index is 0.128. The Hall–Kier alpha value is -0.990. The lowest BCUT2D eigenvalue weighted by Crippen LogP contribution is -1.73. The van der Waals surface area contributed by atoms with Crippen LogP contribution < -0.4 is 0 Å². The van der Waals surface area contributed by atoms with E-state index >= 15 is 0 Å². The van der Waals surface area contributed by atoms with Crippen LogP contribution in [0.15, 0.2) is 30.3 Å². The third-order valence-corrected chi connectivity index (χ3v) is 3.33. The van der Waals surface area contributed by atoms with Gasteiger partial charge in [0.15, 0.2) is 0 Å². The molecule has 0 amide bonds. The molecular weight excluding hydrogens is 216 g/mol. The predicted octanol–water partition coefficient (Wildman–Crippen LogP) is 4.08. The van der Waals surface area contributed by atoms with Crippen LogP contribution in [-0.4, -0.2) is 5.11 Å². The van der Waals surface area contributed by atoms with Gasteiger partial charge in [0.1, 0.15) is 5.75 Å². The Kier molecular flexibility index (Phi) is 2.48. The summed E-state index contributed by atoms with van der Waals surface area (Å²) in [4.78, 5) is 2.44. The molecule has 2 rings (SSSR count). The van der Waals surface area contributed by atoms with Crippen LogP contribution in [0.4, 0.5) is 0 Å². The number of hydrogen-bond acceptors (Lipinski definition) is 2. The molecule has 1 N–H and O–H groups in total. The fourth-order valence-corrected chi connectivity index (χ4v) is 2.29. The Labute approximate surface area is 91.6 Å². The molecule has 0 bridgehead atoms. The van der Waals surface area contributed by atoms with Gasteiger partial charge in [-0.05, 0) is 42.8 Å². The van der Waals surface area contributed by atoms with Gasteiger partial charge < -0.3 is 5.11 Å². The second kappa shape index (κ2) is 3.64. The van der Waals surface area contributed by atoms with Crippen molar-refractivity contribution in [2.75, 3.05) is 0 Å². The van der Waals surface area contributed by atoms with E-state index in [1.807, 2.05) is 6.07 Å². The molecular formula is C11H9ClOS. The number of thiophene rings is 1. The Morgan fingerprint density at radius 3 is 2.57 bits per heavy atom. The fraction of sp³-hybridized carbons (Fsp3) is 0.0909. The van der Waals surface area contributed by atoms with Crippen LogP contribution in [0.2, 0.25) is 5.02 Å². The van der Waals surface area contributed by atoms with Crippen molar-refractivity contribution in [2.24, 2.45) is 0 Å². The molecule has 0 unspecified atom stereocenters. The lowest BCUT2D eigenvalue weighted by atomic mass is 10.2. The number of phenolic OH excluding ortho intramolecular Hbond substituents is 1. The van der Waals surface area contributed by atoms with Gasteiger partial charge in [-0.25, -0.2) is 0 Å². The molecule has 0 aliphatic heterocycles.